The van der Waals surface area contributed by atoms with E-state index in [2.05, 4.69) is 37.2 Å². The van der Waals surface area contributed by atoms with Crippen LogP contribution in [-0.4, -0.2) is 5.91 Å². The number of hydrogen-bond donors (Lipinski definition) is 1. The Morgan fingerprint density at radius 3 is 2.32 bits per heavy atom. The van der Waals surface area contributed by atoms with Gasteiger partial charge in [-0.2, -0.15) is 0 Å². The number of anilines is 1. The first-order chi connectivity index (χ1) is 8.97. The lowest BCUT2D eigenvalue weighted by Crippen LogP contribution is -2.12. The number of halogens is 2. The van der Waals surface area contributed by atoms with E-state index in [0.717, 1.165) is 25.8 Å². The first-order valence-corrected chi connectivity index (χ1v) is 7.39. The van der Waals surface area contributed by atoms with Gasteiger partial charge >= 0.3 is 0 Å². The van der Waals surface area contributed by atoms with E-state index in [-0.39, 0.29) is 5.91 Å². The highest BCUT2D eigenvalue weighted by Gasteiger charge is 2.08. The first-order valence-electron chi connectivity index (χ1n) is 5.81. The van der Waals surface area contributed by atoms with Gasteiger partial charge in [0.1, 0.15) is 0 Å². The highest BCUT2D eigenvalue weighted by Crippen LogP contribution is 2.22. The van der Waals surface area contributed by atoms with Gasteiger partial charge < -0.3 is 5.32 Å². The molecule has 0 atom stereocenters. The molecule has 98 valence electrons. The fourth-order valence-electron chi connectivity index (χ4n) is 1.66. The highest BCUT2D eigenvalue weighted by atomic mass is 79.9. The van der Waals surface area contributed by atoms with Gasteiger partial charge in [0.2, 0.25) is 0 Å². The Labute approximate surface area is 129 Å². The van der Waals surface area contributed by atoms with Gasteiger partial charge in [0.15, 0.2) is 0 Å². The predicted octanol–water partition coefficient (Wildman–Crippen LogP) is 5.08. The van der Waals surface area contributed by atoms with E-state index in [0.29, 0.717) is 5.56 Å². The molecular weight excluding hydrogens is 370 g/mol. The zero-order chi connectivity index (χ0) is 14.0. The van der Waals surface area contributed by atoms with E-state index in [9.17, 15) is 4.79 Å². The summed E-state index contributed by atoms with van der Waals surface area (Å²) in [5.74, 6) is -0.109. The van der Waals surface area contributed by atoms with Gasteiger partial charge in [-0.05, 0) is 55.3 Å². The molecule has 0 bridgehead atoms. The maximum Gasteiger partial charge on any atom is 0.255 e. The van der Waals surface area contributed by atoms with E-state index in [1.54, 1.807) is 0 Å². The highest BCUT2D eigenvalue weighted by molar-refractivity contribution is 9.10. The summed E-state index contributed by atoms with van der Waals surface area (Å²) in [6.45, 7) is 3.98. The van der Waals surface area contributed by atoms with Crippen LogP contribution in [0.5, 0.6) is 0 Å². The summed E-state index contributed by atoms with van der Waals surface area (Å²) in [7, 11) is 0. The summed E-state index contributed by atoms with van der Waals surface area (Å²) in [5.41, 5.74) is 3.62. The van der Waals surface area contributed by atoms with Crippen molar-refractivity contribution in [2.75, 3.05) is 5.32 Å². The lowest BCUT2D eigenvalue weighted by Gasteiger charge is -2.08. The predicted molar refractivity (Wildman–Crippen MR) is 85.7 cm³/mol. The van der Waals surface area contributed by atoms with Crippen LogP contribution in [0.1, 0.15) is 21.5 Å². The third-order valence-corrected chi connectivity index (χ3v) is 4.59. The molecule has 2 aromatic carbocycles. The molecule has 0 unspecified atom stereocenters. The number of nitrogens with one attached hydrogen (secondary N) is 1. The molecular formula is C15H13Br2NO. The lowest BCUT2D eigenvalue weighted by atomic mass is 10.1. The zero-order valence-corrected chi connectivity index (χ0v) is 13.8. The first kappa shape index (κ1) is 14.3. The smallest absolute Gasteiger partial charge is 0.255 e. The number of rotatable bonds is 2. The normalized spacial score (nSPS) is 10.3. The molecule has 1 N–H and O–H groups in total. The molecule has 0 saturated carbocycles. The number of amides is 1. The SMILES string of the molecule is Cc1cc(NC(=O)c2ccc(C)c(Br)c2)ccc1Br. The number of benzene rings is 2. The molecule has 4 heteroatoms. The fraction of sp³-hybridized carbons (Fsp3) is 0.133. The molecule has 0 aliphatic heterocycles. The van der Waals surface area contributed by atoms with E-state index < -0.39 is 0 Å². The Morgan fingerprint density at radius 1 is 0.947 bits per heavy atom. The molecule has 0 spiro atoms. The van der Waals surface area contributed by atoms with Gasteiger partial charge in [0.05, 0.1) is 0 Å². The molecule has 1 amide bonds. The molecule has 0 aromatic heterocycles. The molecule has 0 fully saturated rings. The van der Waals surface area contributed by atoms with Gasteiger partial charge in [-0.1, -0.05) is 37.9 Å². The summed E-state index contributed by atoms with van der Waals surface area (Å²) in [5, 5.41) is 2.89. The van der Waals surface area contributed by atoms with Crippen LogP contribution in [0.4, 0.5) is 5.69 Å². The van der Waals surface area contributed by atoms with Crippen LogP contribution in [0, 0.1) is 13.8 Å². The number of carbonyl (C=O) groups is 1. The average molecular weight is 383 g/mol. The van der Waals surface area contributed by atoms with Crippen molar-refractivity contribution in [1.29, 1.82) is 0 Å². The minimum Gasteiger partial charge on any atom is -0.322 e. The Balaban J connectivity index is 2.20. The number of hydrogen-bond acceptors (Lipinski definition) is 1. The van der Waals surface area contributed by atoms with Crippen molar-refractivity contribution in [2.45, 2.75) is 13.8 Å². The Hall–Kier alpha value is -1.13. The third-order valence-electron chi connectivity index (χ3n) is 2.85. The van der Waals surface area contributed by atoms with Crippen LogP contribution in [0.25, 0.3) is 0 Å². The lowest BCUT2D eigenvalue weighted by molar-refractivity contribution is 0.102. The molecule has 2 rings (SSSR count). The van der Waals surface area contributed by atoms with Crippen LogP contribution in [0.3, 0.4) is 0 Å². The van der Waals surface area contributed by atoms with Gasteiger partial charge in [-0.25, -0.2) is 0 Å². The largest absolute Gasteiger partial charge is 0.322 e. The maximum absolute atomic E-state index is 12.1. The van der Waals surface area contributed by atoms with Crippen molar-refractivity contribution < 1.29 is 4.79 Å². The molecule has 2 nitrogen and oxygen atoms in total. The van der Waals surface area contributed by atoms with Crippen LogP contribution >= 0.6 is 31.9 Å². The summed E-state index contributed by atoms with van der Waals surface area (Å²) in [6, 6.07) is 11.3. The quantitative estimate of drug-likeness (QED) is 0.770. The summed E-state index contributed by atoms with van der Waals surface area (Å²) in [4.78, 5) is 12.1. The molecule has 0 heterocycles. The van der Waals surface area contributed by atoms with Crippen molar-refractivity contribution >= 4 is 43.5 Å². The molecule has 0 aliphatic rings. The van der Waals surface area contributed by atoms with E-state index >= 15 is 0 Å². The van der Waals surface area contributed by atoms with Crippen molar-refractivity contribution in [3.63, 3.8) is 0 Å². The second-order valence-electron chi connectivity index (χ2n) is 4.38. The summed E-state index contributed by atoms with van der Waals surface area (Å²) >= 11 is 6.87. The Kier molecular flexibility index (Phi) is 4.42. The van der Waals surface area contributed by atoms with Gasteiger partial charge in [-0.15, -0.1) is 0 Å². The third kappa shape index (κ3) is 3.45. The van der Waals surface area contributed by atoms with Crippen molar-refractivity contribution in [3.8, 4) is 0 Å². The topological polar surface area (TPSA) is 29.1 Å². The summed E-state index contributed by atoms with van der Waals surface area (Å²) in [6.07, 6.45) is 0. The minimum atomic E-state index is -0.109. The standard InChI is InChI=1S/C15H13Br2NO/c1-9-3-4-11(8-14(9)17)15(19)18-12-5-6-13(16)10(2)7-12/h3-8H,1-2H3,(H,18,19). The minimum absolute atomic E-state index is 0.109. The average Bonchev–Trinajstić information content (AvgIpc) is 2.37. The Bertz CT molecular complexity index is 638. The van der Waals surface area contributed by atoms with Crippen LogP contribution in [0.2, 0.25) is 0 Å². The van der Waals surface area contributed by atoms with Gasteiger partial charge in [0, 0.05) is 20.2 Å². The van der Waals surface area contributed by atoms with E-state index in [1.807, 2.05) is 50.2 Å². The number of carbonyl (C=O) groups excluding carboxylic acids is 1. The van der Waals surface area contributed by atoms with Crippen LogP contribution in [-0.2, 0) is 0 Å². The van der Waals surface area contributed by atoms with Crippen LogP contribution < -0.4 is 5.32 Å². The summed E-state index contributed by atoms with van der Waals surface area (Å²) < 4.78 is 1.97. The molecule has 19 heavy (non-hydrogen) atoms. The van der Waals surface area contributed by atoms with Gasteiger partial charge in [-0.3, -0.25) is 4.79 Å². The second-order valence-corrected chi connectivity index (χ2v) is 6.09. The molecule has 0 radical (unpaired) electrons. The van der Waals surface area contributed by atoms with Crippen molar-refractivity contribution in [2.24, 2.45) is 0 Å². The fourth-order valence-corrected chi connectivity index (χ4v) is 2.29. The van der Waals surface area contributed by atoms with E-state index in [1.165, 1.54) is 0 Å². The monoisotopic (exact) mass is 381 g/mol. The zero-order valence-electron chi connectivity index (χ0n) is 10.6. The van der Waals surface area contributed by atoms with E-state index in [4.69, 9.17) is 0 Å². The Morgan fingerprint density at radius 2 is 1.68 bits per heavy atom. The molecule has 2 aromatic rings. The van der Waals surface area contributed by atoms with Crippen molar-refractivity contribution in [3.05, 3.63) is 62.0 Å². The molecule has 0 aliphatic carbocycles. The number of aryl methyl sites for hydroxylation is 2. The second kappa shape index (κ2) is 5.88. The molecule has 0 saturated heterocycles. The maximum atomic E-state index is 12.1. The van der Waals surface area contributed by atoms with Gasteiger partial charge in [0.25, 0.3) is 5.91 Å². The van der Waals surface area contributed by atoms with Crippen LogP contribution in [0.15, 0.2) is 45.3 Å². The van der Waals surface area contributed by atoms with Crippen molar-refractivity contribution in [1.82, 2.24) is 0 Å².